The van der Waals surface area contributed by atoms with Gasteiger partial charge in [-0.15, -0.1) is 0 Å². The van der Waals surface area contributed by atoms with Crippen LogP contribution < -0.4 is 0 Å². The minimum Gasteiger partial charge on any atom is -0.481 e. The van der Waals surface area contributed by atoms with E-state index >= 15 is 0 Å². The molecule has 2 atom stereocenters. The van der Waals surface area contributed by atoms with E-state index in [9.17, 15) is 13.6 Å². The zero-order valence-electron chi connectivity index (χ0n) is 14.8. The van der Waals surface area contributed by atoms with Crippen LogP contribution >= 0.6 is 0 Å². The molecule has 0 saturated carbocycles. The number of carbonyl (C=O) groups is 1. The molecule has 0 amide bonds. The van der Waals surface area contributed by atoms with Crippen LogP contribution in [0.25, 0.3) is 0 Å². The maximum Gasteiger partial charge on any atom is 0.303 e. The highest BCUT2D eigenvalue weighted by Gasteiger charge is 2.14. The standard InChI is InChI=1S/C18H36O4S/c1-2-3-4-5-6-8-11-14-17(23(21)22)15-12-9-7-10-13-16-18(19)20/h17H,2-16H2,1H3,(H,19,20)(H,21,22). The molecule has 0 aliphatic heterocycles. The number of aliphatic carboxylic acids is 1. The van der Waals surface area contributed by atoms with Crippen molar-refractivity contribution in [2.75, 3.05) is 0 Å². The molecule has 0 radical (unpaired) electrons. The molecule has 4 nitrogen and oxygen atoms in total. The average molecular weight is 349 g/mol. The fraction of sp³-hybridized carbons (Fsp3) is 0.944. The highest BCUT2D eigenvalue weighted by Crippen LogP contribution is 2.17. The van der Waals surface area contributed by atoms with Crippen LogP contribution in [0.1, 0.15) is 103 Å². The van der Waals surface area contributed by atoms with E-state index in [4.69, 9.17) is 5.11 Å². The normalized spacial score (nSPS) is 13.8. The Labute approximate surface area is 144 Å². The van der Waals surface area contributed by atoms with Gasteiger partial charge in [0.15, 0.2) is 11.1 Å². The lowest BCUT2D eigenvalue weighted by Gasteiger charge is -2.12. The van der Waals surface area contributed by atoms with Gasteiger partial charge in [-0.3, -0.25) is 4.79 Å². The summed E-state index contributed by atoms with van der Waals surface area (Å²) in [5, 5.41) is 8.47. The van der Waals surface area contributed by atoms with Crippen molar-refractivity contribution in [2.45, 2.75) is 108 Å². The SMILES string of the molecule is CCCCCCCCCC(CCCCCCCC(=O)O)S(=O)O. The molecule has 0 spiro atoms. The van der Waals surface area contributed by atoms with Gasteiger partial charge >= 0.3 is 5.97 Å². The second kappa shape index (κ2) is 16.4. The summed E-state index contributed by atoms with van der Waals surface area (Å²) in [5.41, 5.74) is 0. The lowest BCUT2D eigenvalue weighted by atomic mass is 10.0. The van der Waals surface area contributed by atoms with Crippen molar-refractivity contribution in [3.63, 3.8) is 0 Å². The Balaban J connectivity index is 3.55. The molecular weight excluding hydrogens is 312 g/mol. The van der Waals surface area contributed by atoms with Crippen LogP contribution in [0.15, 0.2) is 0 Å². The lowest BCUT2D eigenvalue weighted by molar-refractivity contribution is -0.137. The van der Waals surface area contributed by atoms with Crippen molar-refractivity contribution in [3.05, 3.63) is 0 Å². The third-order valence-electron chi connectivity index (χ3n) is 4.33. The molecule has 0 aromatic carbocycles. The van der Waals surface area contributed by atoms with Crippen LogP contribution in [0, 0.1) is 0 Å². The zero-order chi connectivity index (χ0) is 17.3. The smallest absolute Gasteiger partial charge is 0.303 e. The summed E-state index contributed by atoms with van der Waals surface area (Å²) >= 11 is -1.71. The first-order valence-electron chi connectivity index (χ1n) is 9.39. The molecule has 2 unspecified atom stereocenters. The van der Waals surface area contributed by atoms with Gasteiger partial charge in [0.1, 0.15) is 0 Å². The van der Waals surface area contributed by atoms with E-state index < -0.39 is 17.0 Å². The van der Waals surface area contributed by atoms with Crippen molar-refractivity contribution in [3.8, 4) is 0 Å². The molecule has 0 saturated heterocycles. The molecule has 2 N–H and O–H groups in total. The van der Waals surface area contributed by atoms with Gasteiger partial charge < -0.3 is 9.66 Å². The highest BCUT2D eigenvalue weighted by molar-refractivity contribution is 7.79. The average Bonchev–Trinajstić information content (AvgIpc) is 2.50. The fourth-order valence-electron chi connectivity index (χ4n) is 2.85. The van der Waals surface area contributed by atoms with Gasteiger partial charge in [0, 0.05) is 6.42 Å². The molecule has 0 aromatic heterocycles. The quantitative estimate of drug-likeness (QED) is 0.267. The molecular formula is C18H36O4S. The van der Waals surface area contributed by atoms with Crippen molar-refractivity contribution < 1.29 is 18.7 Å². The van der Waals surface area contributed by atoms with Gasteiger partial charge in [-0.2, -0.15) is 0 Å². The van der Waals surface area contributed by atoms with Crippen LogP contribution in [0.3, 0.4) is 0 Å². The summed E-state index contributed by atoms with van der Waals surface area (Å²) in [4.78, 5) is 10.4. The topological polar surface area (TPSA) is 74.6 Å². The van der Waals surface area contributed by atoms with Crippen molar-refractivity contribution in [2.24, 2.45) is 0 Å². The van der Waals surface area contributed by atoms with E-state index in [-0.39, 0.29) is 11.7 Å². The predicted molar refractivity (Wildman–Crippen MR) is 97.1 cm³/mol. The van der Waals surface area contributed by atoms with Crippen molar-refractivity contribution >= 4 is 17.0 Å². The summed E-state index contributed by atoms with van der Waals surface area (Å²) in [7, 11) is 0. The van der Waals surface area contributed by atoms with Gasteiger partial charge in [-0.1, -0.05) is 77.6 Å². The monoisotopic (exact) mass is 348 g/mol. The van der Waals surface area contributed by atoms with Crippen LogP contribution in [-0.4, -0.2) is 25.1 Å². The summed E-state index contributed by atoms with van der Waals surface area (Å²) < 4.78 is 20.8. The van der Waals surface area contributed by atoms with Crippen molar-refractivity contribution in [1.29, 1.82) is 0 Å². The first-order valence-corrected chi connectivity index (χ1v) is 10.6. The number of carboxylic acid groups (broad SMARTS) is 1. The molecule has 0 aliphatic carbocycles. The third kappa shape index (κ3) is 16.2. The van der Waals surface area contributed by atoms with Crippen molar-refractivity contribution in [1.82, 2.24) is 0 Å². The van der Waals surface area contributed by atoms with Gasteiger partial charge in [0.2, 0.25) is 0 Å². The number of rotatable bonds is 17. The number of carboxylic acids is 1. The van der Waals surface area contributed by atoms with E-state index in [0.29, 0.717) is 0 Å². The second-order valence-corrected chi connectivity index (χ2v) is 7.73. The predicted octanol–water partition coefficient (Wildman–Crippen LogP) is 5.53. The third-order valence-corrected chi connectivity index (χ3v) is 5.37. The highest BCUT2D eigenvalue weighted by atomic mass is 32.2. The van der Waals surface area contributed by atoms with E-state index in [2.05, 4.69) is 6.92 Å². The molecule has 0 bridgehead atoms. The van der Waals surface area contributed by atoms with Crippen LogP contribution in [0.5, 0.6) is 0 Å². The van der Waals surface area contributed by atoms with Crippen LogP contribution in [-0.2, 0) is 15.9 Å². The molecule has 0 heterocycles. The van der Waals surface area contributed by atoms with Crippen LogP contribution in [0.2, 0.25) is 0 Å². The maximum atomic E-state index is 11.4. The molecule has 23 heavy (non-hydrogen) atoms. The Morgan fingerprint density at radius 1 is 0.826 bits per heavy atom. The maximum absolute atomic E-state index is 11.4. The number of unbranched alkanes of at least 4 members (excludes halogenated alkanes) is 10. The number of hydrogen-bond donors (Lipinski definition) is 2. The Kier molecular flexibility index (Phi) is 16.1. The summed E-state index contributed by atoms with van der Waals surface area (Å²) in [6, 6.07) is 0. The second-order valence-electron chi connectivity index (χ2n) is 6.51. The summed E-state index contributed by atoms with van der Waals surface area (Å²) in [5.74, 6) is -0.726. The van der Waals surface area contributed by atoms with E-state index in [0.717, 1.165) is 51.4 Å². The van der Waals surface area contributed by atoms with Gasteiger partial charge in [0.05, 0.1) is 5.25 Å². The van der Waals surface area contributed by atoms with Gasteiger partial charge in [-0.05, 0) is 19.3 Å². The number of hydrogen-bond acceptors (Lipinski definition) is 2. The Bertz CT molecular complexity index is 307. The largest absolute Gasteiger partial charge is 0.481 e. The molecule has 0 rings (SSSR count). The van der Waals surface area contributed by atoms with Gasteiger partial charge in [0.25, 0.3) is 0 Å². The Morgan fingerprint density at radius 2 is 1.26 bits per heavy atom. The molecule has 0 aromatic rings. The minimum atomic E-state index is -1.71. The first kappa shape index (κ1) is 22.6. The van der Waals surface area contributed by atoms with E-state index in [1.807, 2.05) is 0 Å². The Morgan fingerprint density at radius 3 is 1.70 bits per heavy atom. The molecule has 138 valence electrons. The van der Waals surface area contributed by atoms with Crippen LogP contribution in [0.4, 0.5) is 0 Å². The lowest BCUT2D eigenvalue weighted by Crippen LogP contribution is -2.14. The van der Waals surface area contributed by atoms with Gasteiger partial charge in [-0.25, -0.2) is 4.21 Å². The van der Waals surface area contributed by atoms with E-state index in [1.165, 1.54) is 38.5 Å². The summed E-state index contributed by atoms with van der Waals surface area (Å²) in [6.07, 6.45) is 15.3. The molecule has 0 aliphatic rings. The minimum absolute atomic E-state index is 0.0790. The first-order chi connectivity index (χ1) is 11.1. The molecule has 5 heteroatoms. The Hall–Kier alpha value is -0.420. The summed E-state index contributed by atoms with van der Waals surface area (Å²) in [6.45, 7) is 2.22. The van der Waals surface area contributed by atoms with E-state index in [1.54, 1.807) is 0 Å². The zero-order valence-corrected chi connectivity index (χ0v) is 15.6. The molecule has 0 fully saturated rings. The fourth-order valence-corrected chi connectivity index (χ4v) is 3.59.